The first kappa shape index (κ1) is 17.4. The van der Waals surface area contributed by atoms with Gasteiger partial charge in [0.05, 0.1) is 5.75 Å². The first-order chi connectivity index (χ1) is 9.54. The van der Waals surface area contributed by atoms with Crippen LogP contribution in [0.4, 0.5) is 0 Å². The van der Waals surface area contributed by atoms with Crippen molar-refractivity contribution in [3.05, 3.63) is 22.8 Å². The van der Waals surface area contributed by atoms with E-state index in [0.717, 1.165) is 48.4 Å². The third-order valence-electron chi connectivity index (χ3n) is 3.13. The fourth-order valence-corrected chi connectivity index (χ4v) is 3.04. The van der Waals surface area contributed by atoms with Crippen LogP contribution < -0.4 is 5.32 Å². The molecule has 0 unspecified atom stereocenters. The Hall–Kier alpha value is -0.610. The van der Waals surface area contributed by atoms with Crippen molar-refractivity contribution in [3.8, 4) is 0 Å². The minimum absolute atomic E-state index is 0.728. The van der Waals surface area contributed by atoms with Crippen LogP contribution in [0.25, 0.3) is 0 Å². The van der Waals surface area contributed by atoms with E-state index >= 15 is 0 Å². The highest BCUT2D eigenvalue weighted by molar-refractivity contribution is 7.98. The molecule has 20 heavy (non-hydrogen) atoms. The first-order valence-corrected chi connectivity index (χ1v) is 8.81. The molecule has 0 atom stereocenters. The summed E-state index contributed by atoms with van der Waals surface area (Å²) in [5.74, 6) is 3.81. The lowest BCUT2D eigenvalue weighted by molar-refractivity contribution is 0.665. The zero-order chi connectivity index (χ0) is 15.0. The molecule has 0 aliphatic rings. The highest BCUT2D eigenvalue weighted by atomic mass is 32.2. The number of nitrogens with one attached hydrogen (secondary N) is 1. The lowest BCUT2D eigenvalue weighted by Crippen LogP contribution is -2.19. The maximum Gasteiger partial charge on any atom is 0.138 e. The first-order valence-electron chi connectivity index (χ1n) is 7.66. The van der Waals surface area contributed by atoms with Crippen LogP contribution in [0.1, 0.15) is 50.0 Å². The summed E-state index contributed by atoms with van der Waals surface area (Å²) in [6.45, 7) is 13.0. The number of rotatable bonds is 9. The highest BCUT2D eigenvalue weighted by Crippen LogP contribution is 2.16. The monoisotopic (exact) mass is 295 g/mol. The maximum atomic E-state index is 4.67. The Morgan fingerprint density at radius 2 is 1.75 bits per heavy atom. The van der Waals surface area contributed by atoms with E-state index in [1.165, 1.54) is 17.7 Å². The van der Waals surface area contributed by atoms with Gasteiger partial charge in [-0.05, 0) is 57.0 Å². The summed E-state index contributed by atoms with van der Waals surface area (Å²) in [7, 11) is 0. The van der Waals surface area contributed by atoms with Gasteiger partial charge in [-0.2, -0.15) is 11.8 Å². The maximum absolute atomic E-state index is 4.67. The van der Waals surface area contributed by atoms with Gasteiger partial charge in [0, 0.05) is 11.4 Å². The molecule has 1 N–H and O–H groups in total. The van der Waals surface area contributed by atoms with Crippen molar-refractivity contribution in [1.29, 1.82) is 0 Å². The standard InChI is InChI=1S/C16H29N3S/c1-6-8-17-9-7-15-13(4)18-16(19-14(15)5)11-20-10-12(2)3/h12,17H,6-11H2,1-5H3. The number of thioether (sulfide) groups is 1. The molecular formula is C16H29N3S. The summed E-state index contributed by atoms with van der Waals surface area (Å²) >= 11 is 1.92. The van der Waals surface area contributed by atoms with Crippen LogP contribution >= 0.6 is 11.8 Å². The summed E-state index contributed by atoms with van der Waals surface area (Å²) in [5.41, 5.74) is 3.61. The van der Waals surface area contributed by atoms with Crippen LogP contribution in [0.15, 0.2) is 0 Å². The van der Waals surface area contributed by atoms with Crippen molar-refractivity contribution in [2.45, 2.75) is 53.2 Å². The summed E-state index contributed by atoms with van der Waals surface area (Å²) in [6.07, 6.45) is 2.21. The molecule has 3 nitrogen and oxygen atoms in total. The van der Waals surface area contributed by atoms with Gasteiger partial charge in [0.1, 0.15) is 5.82 Å². The largest absolute Gasteiger partial charge is 0.316 e. The molecule has 0 bridgehead atoms. The smallest absolute Gasteiger partial charge is 0.138 e. The third kappa shape index (κ3) is 6.23. The van der Waals surface area contributed by atoms with Gasteiger partial charge < -0.3 is 5.32 Å². The van der Waals surface area contributed by atoms with Gasteiger partial charge >= 0.3 is 0 Å². The number of nitrogens with zero attached hydrogens (tertiary/aromatic N) is 2. The normalized spacial score (nSPS) is 11.3. The molecule has 1 aromatic heterocycles. The van der Waals surface area contributed by atoms with Crippen LogP contribution in [-0.2, 0) is 12.2 Å². The van der Waals surface area contributed by atoms with E-state index in [4.69, 9.17) is 0 Å². The van der Waals surface area contributed by atoms with E-state index in [2.05, 4.69) is 49.9 Å². The number of hydrogen-bond donors (Lipinski definition) is 1. The molecular weight excluding hydrogens is 266 g/mol. The minimum atomic E-state index is 0.728. The molecule has 114 valence electrons. The van der Waals surface area contributed by atoms with E-state index < -0.39 is 0 Å². The molecule has 0 spiro atoms. The summed E-state index contributed by atoms with van der Waals surface area (Å²) in [5, 5.41) is 3.44. The van der Waals surface area contributed by atoms with E-state index in [0.29, 0.717) is 0 Å². The minimum Gasteiger partial charge on any atom is -0.316 e. The molecule has 0 fully saturated rings. The topological polar surface area (TPSA) is 37.8 Å². The Bertz CT molecular complexity index is 382. The fraction of sp³-hybridized carbons (Fsp3) is 0.750. The van der Waals surface area contributed by atoms with E-state index in [-0.39, 0.29) is 0 Å². The van der Waals surface area contributed by atoms with Crippen LogP contribution in [-0.4, -0.2) is 28.8 Å². The van der Waals surface area contributed by atoms with Gasteiger partial charge in [0.15, 0.2) is 0 Å². The van der Waals surface area contributed by atoms with Gasteiger partial charge in [0.25, 0.3) is 0 Å². The zero-order valence-electron chi connectivity index (χ0n) is 13.6. The lowest BCUT2D eigenvalue weighted by Gasteiger charge is -2.11. The van der Waals surface area contributed by atoms with Crippen LogP contribution in [0.2, 0.25) is 0 Å². The van der Waals surface area contributed by atoms with Crippen LogP contribution in [0.5, 0.6) is 0 Å². The zero-order valence-corrected chi connectivity index (χ0v) is 14.4. The van der Waals surface area contributed by atoms with Gasteiger partial charge in [-0.1, -0.05) is 20.8 Å². The van der Waals surface area contributed by atoms with Gasteiger partial charge in [-0.25, -0.2) is 9.97 Å². The number of hydrogen-bond acceptors (Lipinski definition) is 4. The molecule has 0 aliphatic heterocycles. The van der Waals surface area contributed by atoms with Crippen molar-refractivity contribution < 1.29 is 0 Å². The molecule has 0 saturated heterocycles. The molecule has 0 amide bonds. The predicted octanol–water partition coefficient (Wildman–Crippen LogP) is 3.52. The fourth-order valence-electron chi connectivity index (χ4n) is 2.14. The Labute approximate surface area is 128 Å². The quantitative estimate of drug-likeness (QED) is 0.707. The van der Waals surface area contributed by atoms with Crippen molar-refractivity contribution in [3.63, 3.8) is 0 Å². The number of aromatic nitrogens is 2. The molecule has 1 aromatic rings. The molecule has 1 heterocycles. The van der Waals surface area contributed by atoms with Crippen LogP contribution in [0.3, 0.4) is 0 Å². The van der Waals surface area contributed by atoms with Gasteiger partial charge in [-0.3, -0.25) is 0 Å². The van der Waals surface area contributed by atoms with E-state index in [9.17, 15) is 0 Å². The van der Waals surface area contributed by atoms with Crippen molar-refractivity contribution in [1.82, 2.24) is 15.3 Å². The summed E-state index contributed by atoms with van der Waals surface area (Å²) in [4.78, 5) is 9.34. The average molecular weight is 295 g/mol. The molecule has 4 heteroatoms. The summed E-state index contributed by atoms with van der Waals surface area (Å²) in [6, 6.07) is 0. The molecule has 0 saturated carbocycles. The summed E-state index contributed by atoms with van der Waals surface area (Å²) < 4.78 is 0. The van der Waals surface area contributed by atoms with E-state index in [1.54, 1.807) is 0 Å². The Kier molecular flexibility index (Phi) is 8.15. The van der Waals surface area contributed by atoms with Gasteiger partial charge in [-0.15, -0.1) is 0 Å². The molecule has 0 aromatic carbocycles. The van der Waals surface area contributed by atoms with Crippen molar-refractivity contribution >= 4 is 11.8 Å². The number of aryl methyl sites for hydroxylation is 2. The molecule has 0 radical (unpaired) electrons. The van der Waals surface area contributed by atoms with Crippen molar-refractivity contribution in [2.75, 3.05) is 18.8 Å². The molecule has 0 aliphatic carbocycles. The van der Waals surface area contributed by atoms with E-state index in [1.807, 2.05) is 11.8 Å². The Balaban J connectivity index is 2.56. The second-order valence-corrected chi connectivity index (χ2v) is 6.73. The van der Waals surface area contributed by atoms with Crippen molar-refractivity contribution in [2.24, 2.45) is 5.92 Å². The van der Waals surface area contributed by atoms with Gasteiger partial charge in [0.2, 0.25) is 0 Å². The molecule has 1 rings (SSSR count). The Morgan fingerprint density at radius 3 is 2.30 bits per heavy atom. The second-order valence-electron chi connectivity index (χ2n) is 5.70. The Morgan fingerprint density at radius 1 is 1.10 bits per heavy atom. The average Bonchev–Trinajstić information content (AvgIpc) is 2.36. The lowest BCUT2D eigenvalue weighted by atomic mass is 10.1. The second kappa shape index (κ2) is 9.35. The third-order valence-corrected chi connectivity index (χ3v) is 4.49. The highest BCUT2D eigenvalue weighted by Gasteiger charge is 2.08. The predicted molar refractivity (Wildman–Crippen MR) is 89.4 cm³/mol. The van der Waals surface area contributed by atoms with Crippen LogP contribution in [0, 0.1) is 19.8 Å². The SMILES string of the molecule is CCCNCCc1c(C)nc(CSCC(C)C)nc1C.